The number of amidine groups is 1. The first-order valence-electron chi connectivity index (χ1n) is 8.26. The third-order valence-corrected chi connectivity index (χ3v) is 4.66. The van der Waals surface area contributed by atoms with Crippen molar-refractivity contribution in [3.63, 3.8) is 0 Å². The minimum atomic E-state index is 0.417. The van der Waals surface area contributed by atoms with E-state index in [1.807, 2.05) is 44.2 Å². The second-order valence-corrected chi connectivity index (χ2v) is 7.00. The summed E-state index contributed by atoms with van der Waals surface area (Å²) in [5.74, 6) is 2.11. The number of halogens is 1. The van der Waals surface area contributed by atoms with Crippen molar-refractivity contribution in [1.82, 2.24) is 0 Å². The van der Waals surface area contributed by atoms with E-state index in [1.165, 1.54) is 17.3 Å². The van der Waals surface area contributed by atoms with E-state index in [2.05, 4.69) is 38.3 Å². The summed E-state index contributed by atoms with van der Waals surface area (Å²) in [6.07, 6.45) is 1.64. The van der Waals surface area contributed by atoms with Gasteiger partial charge in [0.05, 0.1) is 23.9 Å². The zero-order chi connectivity index (χ0) is 18.8. The summed E-state index contributed by atoms with van der Waals surface area (Å²) in [5.41, 5.74) is 7.93. The van der Waals surface area contributed by atoms with E-state index in [9.17, 15) is 0 Å². The van der Waals surface area contributed by atoms with Crippen LogP contribution >= 0.6 is 27.7 Å². The molecule has 2 rings (SSSR count). The predicted octanol–water partition coefficient (Wildman–Crippen LogP) is 4.83. The summed E-state index contributed by atoms with van der Waals surface area (Å²) in [6.45, 7) is 4.97. The molecule has 0 fully saturated rings. The van der Waals surface area contributed by atoms with E-state index in [0.29, 0.717) is 29.9 Å². The first kappa shape index (κ1) is 20.3. The third kappa shape index (κ3) is 6.38. The lowest BCUT2D eigenvalue weighted by atomic mass is 10.2. The minimum absolute atomic E-state index is 0.417. The number of hydrogen-bond acceptors (Lipinski definition) is 5. The Morgan fingerprint density at radius 2 is 1.88 bits per heavy atom. The van der Waals surface area contributed by atoms with Crippen LogP contribution in [0.25, 0.3) is 0 Å². The Morgan fingerprint density at radius 3 is 2.58 bits per heavy atom. The van der Waals surface area contributed by atoms with Gasteiger partial charge in [-0.15, -0.1) is 5.10 Å². The molecule has 5 nitrogen and oxygen atoms in total. The number of benzene rings is 2. The van der Waals surface area contributed by atoms with Gasteiger partial charge in [-0.25, -0.2) is 0 Å². The number of ether oxygens (including phenoxy) is 2. The van der Waals surface area contributed by atoms with Gasteiger partial charge in [-0.2, -0.15) is 5.10 Å². The van der Waals surface area contributed by atoms with Crippen LogP contribution in [0.2, 0.25) is 0 Å². The van der Waals surface area contributed by atoms with Crippen LogP contribution in [0, 0.1) is 0 Å². The van der Waals surface area contributed by atoms with Crippen LogP contribution < -0.4 is 15.2 Å². The van der Waals surface area contributed by atoms with Gasteiger partial charge in [-0.05, 0) is 53.0 Å². The second kappa shape index (κ2) is 10.9. The SMILES string of the molecule is CCOc1cc(C=NN=C(N)SCc2ccccc2)cc(Br)c1OCC. The maximum absolute atomic E-state index is 5.90. The third-order valence-electron chi connectivity index (χ3n) is 3.21. The van der Waals surface area contributed by atoms with Crippen LogP contribution in [0.3, 0.4) is 0 Å². The molecule has 2 N–H and O–H groups in total. The monoisotopic (exact) mass is 435 g/mol. The first-order valence-corrected chi connectivity index (χ1v) is 10.0. The Bertz CT molecular complexity index is 767. The Kier molecular flexibility index (Phi) is 8.50. The van der Waals surface area contributed by atoms with Crippen LogP contribution in [0.5, 0.6) is 11.5 Å². The molecule has 7 heteroatoms. The molecular weight excluding hydrogens is 414 g/mol. The zero-order valence-corrected chi connectivity index (χ0v) is 17.2. The van der Waals surface area contributed by atoms with E-state index < -0.39 is 0 Å². The van der Waals surface area contributed by atoms with Crippen molar-refractivity contribution in [2.75, 3.05) is 13.2 Å². The highest BCUT2D eigenvalue weighted by Crippen LogP contribution is 2.36. The van der Waals surface area contributed by atoms with Gasteiger partial charge in [0.15, 0.2) is 16.7 Å². The van der Waals surface area contributed by atoms with Crippen molar-refractivity contribution < 1.29 is 9.47 Å². The molecule has 0 aliphatic rings. The van der Waals surface area contributed by atoms with Gasteiger partial charge < -0.3 is 15.2 Å². The van der Waals surface area contributed by atoms with Gasteiger partial charge in [0.2, 0.25) is 0 Å². The molecule has 26 heavy (non-hydrogen) atoms. The highest BCUT2D eigenvalue weighted by Gasteiger charge is 2.11. The minimum Gasteiger partial charge on any atom is -0.490 e. The molecule has 0 aliphatic carbocycles. The number of rotatable bonds is 8. The summed E-state index contributed by atoms with van der Waals surface area (Å²) in [7, 11) is 0. The van der Waals surface area contributed by atoms with Crippen molar-refractivity contribution in [3.8, 4) is 11.5 Å². The molecule has 0 aliphatic heterocycles. The van der Waals surface area contributed by atoms with Crippen molar-refractivity contribution in [2.45, 2.75) is 19.6 Å². The van der Waals surface area contributed by atoms with Gasteiger partial charge in [-0.3, -0.25) is 0 Å². The van der Waals surface area contributed by atoms with E-state index >= 15 is 0 Å². The lowest BCUT2D eigenvalue weighted by Crippen LogP contribution is -2.06. The number of hydrogen-bond donors (Lipinski definition) is 1. The summed E-state index contributed by atoms with van der Waals surface area (Å²) >= 11 is 4.96. The quantitative estimate of drug-likeness (QED) is 0.366. The second-order valence-electron chi connectivity index (χ2n) is 5.15. The molecule has 0 amide bonds. The smallest absolute Gasteiger partial charge is 0.180 e. The molecule has 2 aromatic rings. The number of nitrogens with two attached hydrogens (primary N) is 1. The van der Waals surface area contributed by atoms with Crippen LogP contribution in [0.1, 0.15) is 25.0 Å². The summed E-state index contributed by atoms with van der Waals surface area (Å²) in [4.78, 5) is 0. The lowest BCUT2D eigenvalue weighted by Gasteiger charge is -2.13. The van der Waals surface area contributed by atoms with Gasteiger partial charge in [0.25, 0.3) is 0 Å². The molecule has 2 aromatic carbocycles. The van der Waals surface area contributed by atoms with Gasteiger partial charge in [0, 0.05) is 5.75 Å². The van der Waals surface area contributed by atoms with Crippen LogP contribution in [-0.4, -0.2) is 24.6 Å². The van der Waals surface area contributed by atoms with E-state index in [-0.39, 0.29) is 0 Å². The Labute approximate surface area is 166 Å². The fourth-order valence-corrected chi connectivity index (χ4v) is 3.31. The fraction of sp³-hybridized carbons (Fsp3) is 0.263. The van der Waals surface area contributed by atoms with Crippen LogP contribution in [-0.2, 0) is 5.75 Å². The molecule has 0 spiro atoms. The van der Waals surface area contributed by atoms with Gasteiger partial charge in [-0.1, -0.05) is 42.1 Å². The normalized spacial score (nSPS) is 11.7. The average molecular weight is 436 g/mol. The molecule has 0 aromatic heterocycles. The maximum atomic E-state index is 5.90. The van der Waals surface area contributed by atoms with Crippen molar-refractivity contribution >= 4 is 39.1 Å². The number of nitrogens with zero attached hydrogens (tertiary/aromatic N) is 2. The topological polar surface area (TPSA) is 69.2 Å². The molecule has 0 radical (unpaired) electrons. The summed E-state index contributed by atoms with van der Waals surface area (Å²) < 4.78 is 12.1. The highest BCUT2D eigenvalue weighted by molar-refractivity contribution is 9.10. The van der Waals surface area contributed by atoms with Crippen molar-refractivity contribution in [3.05, 3.63) is 58.1 Å². The first-order chi connectivity index (χ1) is 12.6. The van der Waals surface area contributed by atoms with E-state index in [1.54, 1.807) is 6.21 Å². The molecule has 0 saturated heterocycles. The molecule has 0 atom stereocenters. The average Bonchev–Trinajstić information content (AvgIpc) is 2.64. The Hall–Kier alpha value is -1.99. The molecular formula is C19H22BrN3O2S. The molecule has 0 saturated carbocycles. The maximum Gasteiger partial charge on any atom is 0.180 e. The molecule has 138 valence electrons. The fourth-order valence-electron chi connectivity index (χ4n) is 2.12. The summed E-state index contributed by atoms with van der Waals surface area (Å²) in [5, 5.41) is 8.53. The predicted molar refractivity (Wildman–Crippen MR) is 113 cm³/mol. The summed E-state index contributed by atoms with van der Waals surface area (Å²) in [6, 6.07) is 13.9. The van der Waals surface area contributed by atoms with E-state index in [4.69, 9.17) is 15.2 Å². The standard InChI is InChI=1S/C19H22BrN3O2S/c1-3-24-17-11-15(10-16(20)18(17)25-4-2)12-22-23-19(21)26-13-14-8-6-5-7-9-14/h5-12H,3-4,13H2,1-2H3,(H2,21,23). The molecule has 0 heterocycles. The highest BCUT2D eigenvalue weighted by atomic mass is 79.9. The Balaban J connectivity index is 2.04. The Morgan fingerprint density at radius 1 is 1.15 bits per heavy atom. The van der Waals surface area contributed by atoms with Crippen molar-refractivity contribution in [1.29, 1.82) is 0 Å². The molecule has 0 bridgehead atoms. The zero-order valence-electron chi connectivity index (χ0n) is 14.8. The number of thioether (sulfide) groups is 1. The van der Waals surface area contributed by atoms with Crippen LogP contribution in [0.4, 0.5) is 0 Å². The molecule has 0 unspecified atom stereocenters. The van der Waals surface area contributed by atoms with Crippen LogP contribution in [0.15, 0.2) is 57.1 Å². The van der Waals surface area contributed by atoms with Crippen molar-refractivity contribution in [2.24, 2.45) is 15.9 Å². The van der Waals surface area contributed by atoms with E-state index in [0.717, 1.165) is 15.8 Å². The van der Waals surface area contributed by atoms with Gasteiger partial charge >= 0.3 is 0 Å². The van der Waals surface area contributed by atoms with Gasteiger partial charge in [0.1, 0.15) is 0 Å². The largest absolute Gasteiger partial charge is 0.490 e. The lowest BCUT2D eigenvalue weighted by molar-refractivity contribution is 0.286.